The molecule has 176 valence electrons. The van der Waals surface area contributed by atoms with Gasteiger partial charge in [-0.05, 0) is 51.6 Å². The first-order valence-corrected chi connectivity index (χ1v) is 13.2. The number of fused-ring (bicyclic) bond motifs is 9. The molecule has 0 aliphatic heterocycles. The van der Waals surface area contributed by atoms with E-state index in [1.165, 1.54) is 77.0 Å². The van der Waals surface area contributed by atoms with Crippen molar-refractivity contribution in [2.24, 2.45) is 0 Å². The normalized spacial score (nSPS) is 12.6. The summed E-state index contributed by atoms with van der Waals surface area (Å²) in [5, 5.41) is 5.23. The summed E-state index contributed by atoms with van der Waals surface area (Å²) in [6.07, 6.45) is 2.87. The number of benzene rings is 5. The first-order valence-electron chi connectivity index (χ1n) is 13.2. The highest BCUT2D eigenvalue weighted by Crippen LogP contribution is 2.45. The molecule has 0 saturated carbocycles. The first-order chi connectivity index (χ1) is 18.9. The molecule has 0 radical (unpaired) electrons. The van der Waals surface area contributed by atoms with Crippen LogP contribution < -0.4 is 0 Å². The average Bonchev–Trinajstić information content (AvgIpc) is 3.64. The molecule has 0 saturated heterocycles. The number of hydrogen-bond acceptors (Lipinski definition) is 1. The van der Waals surface area contributed by atoms with Crippen LogP contribution in [0.2, 0.25) is 0 Å². The standard InChI is InChI=1S/C36H22N2/c1-2-8-22(9-3-1)24-11-6-12-25-26-18-19-37-35(32(26)21-31(24)25)23-16-17-28-30-14-7-13-29-27-10-4-5-15-33(27)38(36(29)30)34(28)20-23/h1-20H,21H2. The van der Waals surface area contributed by atoms with E-state index in [9.17, 15) is 0 Å². The molecule has 0 N–H and O–H groups in total. The lowest BCUT2D eigenvalue weighted by Crippen LogP contribution is -1.93. The summed E-state index contributed by atoms with van der Waals surface area (Å²) in [5.41, 5.74) is 14.0. The fourth-order valence-corrected chi connectivity index (χ4v) is 6.84. The van der Waals surface area contributed by atoms with E-state index in [1.807, 2.05) is 6.20 Å². The minimum absolute atomic E-state index is 0.896. The summed E-state index contributed by atoms with van der Waals surface area (Å²) in [4.78, 5) is 4.97. The van der Waals surface area contributed by atoms with E-state index < -0.39 is 0 Å². The third kappa shape index (κ3) is 2.54. The number of hydrogen-bond donors (Lipinski definition) is 0. The van der Waals surface area contributed by atoms with E-state index in [4.69, 9.17) is 4.98 Å². The molecule has 9 rings (SSSR count). The molecule has 5 aromatic carbocycles. The SMILES string of the molecule is c1ccc(-c2cccc3c2Cc2c-3ccnc2-c2ccc3c4cccc5c6ccccc6n(c3c2)c54)cc1. The van der Waals surface area contributed by atoms with Crippen LogP contribution in [0, 0.1) is 0 Å². The number of para-hydroxylation sites is 2. The molecule has 3 aromatic heterocycles. The van der Waals surface area contributed by atoms with Crippen molar-refractivity contribution in [3.8, 4) is 33.5 Å². The van der Waals surface area contributed by atoms with E-state index >= 15 is 0 Å². The van der Waals surface area contributed by atoms with Gasteiger partial charge in [-0.15, -0.1) is 0 Å². The van der Waals surface area contributed by atoms with Crippen LogP contribution in [0.1, 0.15) is 11.1 Å². The van der Waals surface area contributed by atoms with Gasteiger partial charge in [-0.2, -0.15) is 0 Å². The fraction of sp³-hybridized carbons (Fsp3) is 0.0278. The summed E-state index contributed by atoms with van der Waals surface area (Å²) in [6.45, 7) is 0. The Morgan fingerprint density at radius 3 is 2.11 bits per heavy atom. The van der Waals surface area contributed by atoms with Crippen molar-refractivity contribution in [3.05, 3.63) is 133 Å². The maximum absolute atomic E-state index is 4.97. The van der Waals surface area contributed by atoms with Gasteiger partial charge in [-0.3, -0.25) is 4.98 Å². The highest BCUT2D eigenvalue weighted by molar-refractivity contribution is 6.23. The average molecular weight is 483 g/mol. The lowest BCUT2D eigenvalue weighted by Gasteiger charge is -2.09. The van der Waals surface area contributed by atoms with Gasteiger partial charge in [0.25, 0.3) is 0 Å². The van der Waals surface area contributed by atoms with Crippen LogP contribution in [0.15, 0.2) is 121 Å². The second-order valence-electron chi connectivity index (χ2n) is 10.3. The van der Waals surface area contributed by atoms with Crippen LogP contribution in [-0.2, 0) is 6.42 Å². The van der Waals surface area contributed by atoms with Crippen LogP contribution in [0.25, 0.3) is 71.6 Å². The highest BCUT2D eigenvalue weighted by Gasteiger charge is 2.25. The van der Waals surface area contributed by atoms with Crippen molar-refractivity contribution in [2.75, 3.05) is 0 Å². The van der Waals surface area contributed by atoms with E-state index in [1.54, 1.807) is 0 Å². The van der Waals surface area contributed by atoms with Crippen molar-refractivity contribution in [2.45, 2.75) is 6.42 Å². The predicted molar refractivity (Wildman–Crippen MR) is 158 cm³/mol. The van der Waals surface area contributed by atoms with Gasteiger partial charge in [0.1, 0.15) is 0 Å². The summed E-state index contributed by atoms with van der Waals surface area (Å²) in [7, 11) is 0. The van der Waals surface area contributed by atoms with Gasteiger partial charge < -0.3 is 4.40 Å². The first kappa shape index (κ1) is 20.1. The smallest absolute Gasteiger partial charge is 0.0744 e. The molecule has 0 bridgehead atoms. The minimum atomic E-state index is 0.896. The number of pyridine rings is 1. The third-order valence-corrected chi connectivity index (χ3v) is 8.46. The number of aromatic nitrogens is 2. The monoisotopic (exact) mass is 482 g/mol. The largest absolute Gasteiger partial charge is 0.308 e. The van der Waals surface area contributed by atoms with E-state index in [-0.39, 0.29) is 0 Å². The molecule has 2 heteroatoms. The van der Waals surface area contributed by atoms with Gasteiger partial charge in [0.05, 0.1) is 22.2 Å². The van der Waals surface area contributed by atoms with E-state index in [0.717, 1.165) is 12.1 Å². The maximum Gasteiger partial charge on any atom is 0.0744 e. The molecule has 1 aliphatic carbocycles. The molecule has 0 amide bonds. The van der Waals surface area contributed by atoms with Gasteiger partial charge >= 0.3 is 0 Å². The van der Waals surface area contributed by atoms with E-state index in [2.05, 4.69) is 120 Å². The Bertz CT molecular complexity index is 2200. The summed E-state index contributed by atoms with van der Waals surface area (Å²) in [6, 6.07) is 42.0. The Hall–Kier alpha value is -4.95. The summed E-state index contributed by atoms with van der Waals surface area (Å²) >= 11 is 0. The van der Waals surface area contributed by atoms with Crippen LogP contribution in [0.4, 0.5) is 0 Å². The molecule has 3 heterocycles. The molecule has 8 aromatic rings. The predicted octanol–water partition coefficient (Wildman–Crippen LogP) is 9.14. The number of rotatable bonds is 2. The van der Waals surface area contributed by atoms with Gasteiger partial charge in [0.2, 0.25) is 0 Å². The summed E-state index contributed by atoms with van der Waals surface area (Å²) in [5.74, 6) is 0. The molecular weight excluding hydrogens is 460 g/mol. The van der Waals surface area contributed by atoms with Gasteiger partial charge in [-0.25, -0.2) is 0 Å². The molecule has 0 unspecified atom stereocenters. The lowest BCUT2D eigenvalue weighted by atomic mass is 9.96. The van der Waals surface area contributed by atoms with Gasteiger partial charge in [0.15, 0.2) is 0 Å². The van der Waals surface area contributed by atoms with Crippen LogP contribution in [0.3, 0.4) is 0 Å². The molecule has 1 aliphatic rings. The quantitative estimate of drug-likeness (QED) is 0.240. The molecule has 2 nitrogen and oxygen atoms in total. The molecule has 0 fully saturated rings. The van der Waals surface area contributed by atoms with Crippen molar-refractivity contribution in [1.29, 1.82) is 0 Å². The number of nitrogens with zero attached hydrogens (tertiary/aromatic N) is 2. The Balaban J connectivity index is 1.28. The van der Waals surface area contributed by atoms with E-state index in [0.29, 0.717) is 0 Å². The zero-order valence-corrected chi connectivity index (χ0v) is 20.6. The summed E-state index contributed by atoms with van der Waals surface area (Å²) < 4.78 is 2.45. The highest BCUT2D eigenvalue weighted by atomic mass is 14.9. The molecule has 0 atom stereocenters. The van der Waals surface area contributed by atoms with Gasteiger partial charge in [0, 0.05) is 39.7 Å². The third-order valence-electron chi connectivity index (χ3n) is 8.46. The Kier molecular flexibility index (Phi) is 3.87. The lowest BCUT2D eigenvalue weighted by molar-refractivity contribution is 1.21. The van der Waals surface area contributed by atoms with Crippen molar-refractivity contribution in [3.63, 3.8) is 0 Å². The minimum Gasteiger partial charge on any atom is -0.308 e. The van der Waals surface area contributed by atoms with Crippen LogP contribution in [0.5, 0.6) is 0 Å². The van der Waals surface area contributed by atoms with Crippen LogP contribution >= 0.6 is 0 Å². The zero-order chi connectivity index (χ0) is 24.8. The topological polar surface area (TPSA) is 17.3 Å². The maximum atomic E-state index is 4.97. The van der Waals surface area contributed by atoms with Gasteiger partial charge in [-0.1, -0.05) is 97.1 Å². The van der Waals surface area contributed by atoms with Crippen molar-refractivity contribution >= 4 is 38.1 Å². The fourth-order valence-electron chi connectivity index (χ4n) is 6.84. The van der Waals surface area contributed by atoms with Crippen molar-refractivity contribution < 1.29 is 0 Å². The van der Waals surface area contributed by atoms with Crippen molar-refractivity contribution in [1.82, 2.24) is 9.38 Å². The zero-order valence-electron chi connectivity index (χ0n) is 20.6. The Morgan fingerprint density at radius 1 is 0.500 bits per heavy atom. The molecule has 38 heavy (non-hydrogen) atoms. The second kappa shape index (κ2) is 7.30. The Morgan fingerprint density at radius 2 is 1.21 bits per heavy atom. The Labute approximate surface area is 219 Å². The second-order valence-corrected chi connectivity index (χ2v) is 10.3. The molecular formula is C36H22N2. The molecule has 0 spiro atoms. The van der Waals surface area contributed by atoms with Crippen LogP contribution in [-0.4, -0.2) is 9.38 Å².